The van der Waals surface area contributed by atoms with Crippen LogP contribution in [0.2, 0.25) is 0 Å². The highest BCUT2D eigenvalue weighted by atomic mass is 16.6. The highest BCUT2D eigenvalue weighted by Gasteiger charge is 2.16. The van der Waals surface area contributed by atoms with Crippen LogP contribution < -0.4 is 25.1 Å². The molecule has 1 atom stereocenters. The van der Waals surface area contributed by atoms with E-state index in [9.17, 15) is 19.7 Å². The van der Waals surface area contributed by atoms with Crippen LogP contribution in [0.15, 0.2) is 48.5 Å². The maximum Gasteiger partial charge on any atom is 0.279 e. The summed E-state index contributed by atoms with van der Waals surface area (Å²) in [7, 11) is 1.54. The first-order valence-corrected chi connectivity index (χ1v) is 8.15. The van der Waals surface area contributed by atoms with Crippen LogP contribution in [0.4, 0.5) is 5.69 Å². The molecule has 10 nitrogen and oxygen atoms in total. The van der Waals surface area contributed by atoms with Gasteiger partial charge in [0.2, 0.25) is 0 Å². The second-order valence-electron chi connectivity index (χ2n) is 5.51. The molecule has 0 aliphatic carbocycles. The molecule has 10 heteroatoms. The predicted octanol–water partition coefficient (Wildman–Crippen LogP) is 1.60. The molecule has 28 heavy (non-hydrogen) atoms. The van der Waals surface area contributed by atoms with Gasteiger partial charge in [0.05, 0.1) is 12.0 Å². The fraction of sp³-hybridized carbons (Fsp3) is 0.222. The van der Waals surface area contributed by atoms with Gasteiger partial charge in [0.1, 0.15) is 17.2 Å². The smallest absolute Gasteiger partial charge is 0.279 e. The number of hydrogen-bond acceptors (Lipinski definition) is 7. The van der Waals surface area contributed by atoms with Gasteiger partial charge < -0.3 is 14.2 Å². The molecule has 2 amide bonds. The number of nitrogens with one attached hydrogen (secondary N) is 2. The number of ether oxygens (including phenoxy) is 3. The summed E-state index contributed by atoms with van der Waals surface area (Å²) in [6.07, 6.45) is -0.940. The van der Waals surface area contributed by atoms with E-state index in [1.165, 1.54) is 31.2 Å². The van der Waals surface area contributed by atoms with Gasteiger partial charge in [-0.1, -0.05) is 0 Å². The van der Waals surface area contributed by atoms with Crippen LogP contribution in [-0.4, -0.2) is 36.6 Å². The lowest BCUT2D eigenvalue weighted by Gasteiger charge is -2.15. The van der Waals surface area contributed by atoms with Crippen LogP contribution in [0.3, 0.4) is 0 Å². The zero-order chi connectivity index (χ0) is 20.5. The largest absolute Gasteiger partial charge is 0.497 e. The molecule has 0 fully saturated rings. The van der Waals surface area contributed by atoms with E-state index in [0.29, 0.717) is 11.5 Å². The van der Waals surface area contributed by atoms with E-state index in [4.69, 9.17) is 14.2 Å². The Morgan fingerprint density at radius 3 is 2.14 bits per heavy atom. The minimum absolute atomic E-state index is 0.0893. The van der Waals surface area contributed by atoms with E-state index in [1.807, 2.05) is 0 Å². The number of carbonyl (C=O) groups excluding carboxylic acids is 2. The number of non-ortho nitro benzene ring substituents is 1. The molecule has 2 rings (SSSR count). The normalized spacial score (nSPS) is 11.1. The molecule has 0 radical (unpaired) electrons. The van der Waals surface area contributed by atoms with Crippen molar-refractivity contribution in [1.29, 1.82) is 0 Å². The number of benzene rings is 2. The topological polar surface area (TPSA) is 129 Å². The van der Waals surface area contributed by atoms with Gasteiger partial charge in [-0.15, -0.1) is 0 Å². The quantitative estimate of drug-likeness (QED) is 0.518. The number of rotatable bonds is 8. The summed E-state index contributed by atoms with van der Waals surface area (Å²) in [5.74, 6) is 0.244. The van der Waals surface area contributed by atoms with E-state index in [1.54, 1.807) is 31.4 Å². The van der Waals surface area contributed by atoms with Crippen LogP contribution in [0.5, 0.6) is 17.2 Å². The van der Waals surface area contributed by atoms with Gasteiger partial charge in [-0.25, -0.2) is 0 Å². The lowest BCUT2D eigenvalue weighted by atomic mass is 10.3. The Morgan fingerprint density at radius 1 is 1.00 bits per heavy atom. The SMILES string of the molecule is COc1ccc(OCC(=O)NNC(=O)C(C)Oc2ccc([N+](=O)[O-])cc2)cc1. The molecule has 0 aliphatic rings. The van der Waals surface area contributed by atoms with Crippen molar-refractivity contribution in [2.24, 2.45) is 0 Å². The van der Waals surface area contributed by atoms with Crippen molar-refractivity contribution in [3.8, 4) is 17.2 Å². The van der Waals surface area contributed by atoms with Crippen molar-refractivity contribution in [3.63, 3.8) is 0 Å². The van der Waals surface area contributed by atoms with Gasteiger partial charge in [0.15, 0.2) is 12.7 Å². The van der Waals surface area contributed by atoms with Crippen LogP contribution in [0, 0.1) is 10.1 Å². The standard InChI is InChI=1S/C18H19N3O7/c1-12(28-16-5-3-13(4-6-16)21(24)25)18(23)20-19-17(22)11-27-15-9-7-14(26-2)8-10-15/h3-10,12H,11H2,1-2H3,(H,19,22)(H,20,23). The Bertz CT molecular complexity index is 822. The van der Waals surface area contributed by atoms with Gasteiger partial charge in [0, 0.05) is 12.1 Å². The number of nitrogens with zero attached hydrogens (tertiary/aromatic N) is 1. The Labute approximate surface area is 160 Å². The molecule has 2 aromatic rings. The minimum atomic E-state index is -0.940. The third-order valence-corrected chi connectivity index (χ3v) is 3.48. The van der Waals surface area contributed by atoms with Crippen LogP contribution in [0.25, 0.3) is 0 Å². The van der Waals surface area contributed by atoms with Crippen LogP contribution in [-0.2, 0) is 9.59 Å². The molecule has 0 saturated carbocycles. The zero-order valence-electron chi connectivity index (χ0n) is 15.2. The lowest BCUT2D eigenvalue weighted by Crippen LogP contribution is -2.48. The van der Waals surface area contributed by atoms with Crippen molar-refractivity contribution in [2.75, 3.05) is 13.7 Å². The van der Waals surface area contributed by atoms with Crippen molar-refractivity contribution in [2.45, 2.75) is 13.0 Å². The lowest BCUT2D eigenvalue weighted by molar-refractivity contribution is -0.384. The summed E-state index contributed by atoms with van der Waals surface area (Å²) >= 11 is 0. The number of amides is 2. The molecule has 0 aliphatic heterocycles. The molecule has 148 valence electrons. The first kappa shape index (κ1) is 20.5. The van der Waals surface area contributed by atoms with Gasteiger partial charge in [-0.05, 0) is 43.3 Å². The summed E-state index contributed by atoms with van der Waals surface area (Å²) in [4.78, 5) is 33.8. The molecule has 0 heterocycles. The van der Waals surface area contributed by atoms with Crippen LogP contribution in [0.1, 0.15) is 6.92 Å². The van der Waals surface area contributed by atoms with E-state index in [2.05, 4.69) is 10.9 Å². The molecule has 0 aromatic heterocycles. The molecule has 0 spiro atoms. The maximum absolute atomic E-state index is 12.0. The molecule has 2 aromatic carbocycles. The number of hydrogen-bond donors (Lipinski definition) is 2. The van der Waals surface area contributed by atoms with Crippen molar-refractivity contribution >= 4 is 17.5 Å². The average molecular weight is 389 g/mol. The molecule has 0 bridgehead atoms. The Morgan fingerprint density at radius 2 is 1.57 bits per heavy atom. The monoisotopic (exact) mass is 389 g/mol. The van der Waals surface area contributed by atoms with Gasteiger partial charge in [0.25, 0.3) is 17.5 Å². The van der Waals surface area contributed by atoms with E-state index in [0.717, 1.165) is 0 Å². The number of hydrazine groups is 1. The molecular formula is C18H19N3O7. The minimum Gasteiger partial charge on any atom is -0.497 e. The van der Waals surface area contributed by atoms with Gasteiger partial charge in [-0.3, -0.25) is 30.6 Å². The Hall–Kier alpha value is -3.82. The molecule has 1 unspecified atom stereocenters. The average Bonchev–Trinajstić information content (AvgIpc) is 2.71. The first-order valence-electron chi connectivity index (χ1n) is 8.15. The summed E-state index contributed by atoms with van der Waals surface area (Å²) in [6.45, 7) is 1.17. The first-order chi connectivity index (χ1) is 13.4. The summed E-state index contributed by atoms with van der Waals surface area (Å²) in [6, 6.07) is 11.9. The van der Waals surface area contributed by atoms with Crippen LogP contribution >= 0.6 is 0 Å². The summed E-state index contributed by atoms with van der Waals surface area (Å²) in [5, 5.41) is 10.6. The number of nitro benzene ring substituents is 1. The van der Waals surface area contributed by atoms with E-state index in [-0.39, 0.29) is 18.0 Å². The number of methoxy groups -OCH3 is 1. The predicted molar refractivity (Wildman–Crippen MR) is 98.0 cm³/mol. The highest BCUT2D eigenvalue weighted by molar-refractivity contribution is 5.85. The fourth-order valence-corrected chi connectivity index (χ4v) is 1.99. The molecule has 2 N–H and O–H groups in total. The van der Waals surface area contributed by atoms with Gasteiger partial charge in [-0.2, -0.15) is 0 Å². The summed E-state index contributed by atoms with van der Waals surface area (Å²) < 4.78 is 15.7. The highest BCUT2D eigenvalue weighted by Crippen LogP contribution is 2.18. The molecular weight excluding hydrogens is 370 g/mol. The van der Waals surface area contributed by atoms with Crippen molar-refractivity contribution in [3.05, 3.63) is 58.6 Å². The third kappa shape index (κ3) is 6.16. The Kier molecular flexibility index (Phi) is 7.14. The fourth-order valence-electron chi connectivity index (χ4n) is 1.99. The second-order valence-corrected chi connectivity index (χ2v) is 5.51. The van der Waals surface area contributed by atoms with Gasteiger partial charge >= 0.3 is 0 Å². The van der Waals surface area contributed by atoms with Crippen molar-refractivity contribution in [1.82, 2.24) is 10.9 Å². The number of carbonyl (C=O) groups is 2. The zero-order valence-corrected chi connectivity index (χ0v) is 15.2. The second kappa shape index (κ2) is 9.76. The number of nitro groups is 1. The van der Waals surface area contributed by atoms with E-state index < -0.39 is 22.8 Å². The summed E-state index contributed by atoms with van der Waals surface area (Å²) in [5.41, 5.74) is 4.33. The maximum atomic E-state index is 12.0. The molecule has 0 saturated heterocycles. The van der Waals surface area contributed by atoms with E-state index >= 15 is 0 Å². The Balaban J connectivity index is 1.73. The van der Waals surface area contributed by atoms with Crippen molar-refractivity contribution < 1.29 is 28.7 Å². The third-order valence-electron chi connectivity index (χ3n) is 3.48.